The van der Waals surface area contributed by atoms with E-state index in [0.717, 1.165) is 0 Å². The molecule has 0 spiro atoms. The van der Waals surface area contributed by atoms with Gasteiger partial charge in [-0.05, 0) is 6.08 Å². The standard InChI is InChI=1S/C6H4Cl2F6/c7-3(2-5(9,10)11)1-4(8)6(12,13)14/h1,3H,2H2/b4-1-/t3-/m1/s1. The lowest BCUT2D eigenvalue weighted by Gasteiger charge is -2.10. The first-order valence-corrected chi connectivity index (χ1v) is 3.99. The molecule has 0 heterocycles. The SMILES string of the molecule is FC(F)(F)C[C@H](Cl)/C=C(\Cl)C(F)(F)F. The summed E-state index contributed by atoms with van der Waals surface area (Å²) >= 11 is 9.65. The number of rotatable bonds is 2. The van der Waals surface area contributed by atoms with Crippen molar-refractivity contribution in [2.45, 2.75) is 24.2 Å². The third-order valence-corrected chi connectivity index (χ3v) is 1.65. The van der Waals surface area contributed by atoms with Crippen molar-refractivity contribution in [3.63, 3.8) is 0 Å². The Labute approximate surface area is 85.5 Å². The van der Waals surface area contributed by atoms with E-state index in [1.165, 1.54) is 0 Å². The molecule has 0 bridgehead atoms. The van der Waals surface area contributed by atoms with Gasteiger partial charge in [-0.25, -0.2) is 0 Å². The average Bonchev–Trinajstić information content (AvgIpc) is 1.79. The number of hydrogen-bond acceptors (Lipinski definition) is 0. The highest BCUT2D eigenvalue weighted by molar-refractivity contribution is 6.31. The van der Waals surface area contributed by atoms with Crippen molar-refractivity contribution in [1.29, 1.82) is 0 Å². The molecule has 1 atom stereocenters. The normalized spacial score (nSPS) is 17.0. The zero-order valence-corrected chi connectivity index (χ0v) is 7.90. The molecule has 0 aromatic rings. The van der Waals surface area contributed by atoms with Crippen molar-refractivity contribution in [2.24, 2.45) is 0 Å². The van der Waals surface area contributed by atoms with Crippen LogP contribution >= 0.6 is 23.2 Å². The Morgan fingerprint density at radius 2 is 1.57 bits per heavy atom. The lowest BCUT2D eigenvalue weighted by molar-refractivity contribution is -0.133. The van der Waals surface area contributed by atoms with E-state index in [1.807, 2.05) is 0 Å². The minimum absolute atomic E-state index is 0.122. The fraction of sp³-hybridized carbons (Fsp3) is 0.667. The lowest BCUT2D eigenvalue weighted by atomic mass is 10.2. The lowest BCUT2D eigenvalue weighted by Crippen LogP contribution is -2.16. The molecule has 0 aliphatic heterocycles. The first-order valence-electron chi connectivity index (χ1n) is 3.17. The first-order chi connectivity index (χ1) is 6.02. The van der Waals surface area contributed by atoms with Crippen molar-refractivity contribution in [3.8, 4) is 0 Å². The van der Waals surface area contributed by atoms with E-state index in [2.05, 4.69) is 11.6 Å². The molecule has 8 heteroatoms. The van der Waals surface area contributed by atoms with Crippen molar-refractivity contribution < 1.29 is 26.3 Å². The Morgan fingerprint density at radius 1 is 1.14 bits per heavy atom. The molecule has 0 radical (unpaired) electrons. The van der Waals surface area contributed by atoms with Crippen LogP contribution in [0.2, 0.25) is 0 Å². The molecule has 0 aliphatic rings. The number of halogens is 8. The maximum absolute atomic E-state index is 11.7. The molecule has 0 N–H and O–H groups in total. The minimum Gasteiger partial charge on any atom is -0.171 e. The number of alkyl halides is 7. The van der Waals surface area contributed by atoms with Gasteiger partial charge in [-0.3, -0.25) is 0 Å². The third-order valence-electron chi connectivity index (χ3n) is 1.02. The average molecular weight is 261 g/mol. The summed E-state index contributed by atoms with van der Waals surface area (Å²) in [6.45, 7) is 0. The largest absolute Gasteiger partial charge is 0.426 e. The smallest absolute Gasteiger partial charge is 0.171 e. The van der Waals surface area contributed by atoms with Gasteiger partial charge in [-0.2, -0.15) is 26.3 Å². The minimum atomic E-state index is -4.86. The topological polar surface area (TPSA) is 0 Å². The quantitative estimate of drug-likeness (QED) is 0.515. The Morgan fingerprint density at radius 3 is 1.86 bits per heavy atom. The predicted octanol–water partition coefficient (Wildman–Crippen LogP) is 4.23. The Bertz CT molecular complexity index is 215. The summed E-state index contributed by atoms with van der Waals surface area (Å²) in [6, 6.07) is 0. The Balaban J connectivity index is 4.38. The van der Waals surface area contributed by atoms with Crippen LogP contribution in [-0.2, 0) is 0 Å². The molecule has 14 heavy (non-hydrogen) atoms. The summed E-state index contributed by atoms with van der Waals surface area (Å²) in [5, 5.41) is -3.47. The van der Waals surface area contributed by atoms with E-state index in [9.17, 15) is 26.3 Å². The fourth-order valence-corrected chi connectivity index (χ4v) is 1.05. The van der Waals surface area contributed by atoms with Crippen molar-refractivity contribution in [3.05, 3.63) is 11.1 Å². The third kappa shape index (κ3) is 6.37. The van der Waals surface area contributed by atoms with Gasteiger partial charge in [-0.1, -0.05) is 11.6 Å². The van der Waals surface area contributed by atoms with E-state index >= 15 is 0 Å². The summed E-state index contributed by atoms with van der Waals surface area (Å²) in [5.74, 6) is 0. The molecule has 0 nitrogen and oxygen atoms in total. The van der Waals surface area contributed by atoms with Gasteiger partial charge in [0.2, 0.25) is 0 Å². The molecular formula is C6H4Cl2F6. The highest BCUT2D eigenvalue weighted by Gasteiger charge is 2.35. The number of allylic oxidation sites excluding steroid dienone is 2. The van der Waals surface area contributed by atoms with Gasteiger partial charge in [-0.15, -0.1) is 11.6 Å². The van der Waals surface area contributed by atoms with Crippen LogP contribution in [0.3, 0.4) is 0 Å². The van der Waals surface area contributed by atoms with Crippen LogP contribution in [0.15, 0.2) is 11.1 Å². The molecule has 0 fully saturated rings. The molecule has 0 aliphatic carbocycles. The molecular weight excluding hydrogens is 257 g/mol. The Hall–Kier alpha value is -0.100. The zero-order valence-electron chi connectivity index (χ0n) is 6.39. The van der Waals surface area contributed by atoms with Crippen LogP contribution in [0.5, 0.6) is 0 Å². The van der Waals surface area contributed by atoms with Gasteiger partial charge < -0.3 is 0 Å². The second-order valence-corrected chi connectivity index (χ2v) is 3.32. The van der Waals surface area contributed by atoms with Gasteiger partial charge >= 0.3 is 12.4 Å². The van der Waals surface area contributed by atoms with Gasteiger partial charge in [0.15, 0.2) is 0 Å². The number of hydrogen-bond donors (Lipinski definition) is 0. The van der Waals surface area contributed by atoms with E-state index in [0.29, 0.717) is 0 Å². The van der Waals surface area contributed by atoms with Crippen LogP contribution in [0.4, 0.5) is 26.3 Å². The van der Waals surface area contributed by atoms with Crippen molar-refractivity contribution in [2.75, 3.05) is 0 Å². The summed E-state index contributed by atoms with van der Waals surface area (Å²) in [4.78, 5) is 0. The second kappa shape index (κ2) is 4.61. The monoisotopic (exact) mass is 260 g/mol. The molecule has 0 aromatic heterocycles. The summed E-state index contributed by atoms with van der Waals surface area (Å²) < 4.78 is 70.0. The summed E-state index contributed by atoms with van der Waals surface area (Å²) in [5.41, 5.74) is 0. The van der Waals surface area contributed by atoms with Crippen LogP contribution < -0.4 is 0 Å². The van der Waals surface area contributed by atoms with E-state index in [1.54, 1.807) is 0 Å². The molecule has 0 saturated heterocycles. The van der Waals surface area contributed by atoms with E-state index < -0.39 is 29.2 Å². The van der Waals surface area contributed by atoms with Crippen molar-refractivity contribution >= 4 is 23.2 Å². The molecule has 0 aromatic carbocycles. The Kier molecular flexibility index (Phi) is 4.58. The van der Waals surface area contributed by atoms with Crippen LogP contribution in [-0.4, -0.2) is 17.7 Å². The molecule has 84 valence electrons. The van der Waals surface area contributed by atoms with Gasteiger partial charge in [0.1, 0.15) is 5.03 Å². The molecule has 0 saturated carbocycles. The fourth-order valence-electron chi connectivity index (χ4n) is 0.533. The molecule has 0 amide bonds. The van der Waals surface area contributed by atoms with Gasteiger partial charge in [0, 0.05) is 0 Å². The predicted molar refractivity (Wildman–Crippen MR) is 40.3 cm³/mol. The van der Waals surface area contributed by atoms with E-state index in [4.69, 9.17) is 11.6 Å². The molecule has 0 rings (SSSR count). The van der Waals surface area contributed by atoms with Crippen LogP contribution in [0.25, 0.3) is 0 Å². The summed E-state index contributed by atoms with van der Waals surface area (Å²) in [7, 11) is 0. The zero-order chi connectivity index (χ0) is 11.6. The van der Waals surface area contributed by atoms with Gasteiger partial charge in [0.25, 0.3) is 0 Å². The highest BCUT2D eigenvalue weighted by atomic mass is 35.5. The second-order valence-electron chi connectivity index (χ2n) is 2.35. The van der Waals surface area contributed by atoms with Crippen molar-refractivity contribution in [1.82, 2.24) is 0 Å². The maximum Gasteiger partial charge on any atom is 0.426 e. The summed E-state index contributed by atoms with van der Waals surface area (Å²) in [6.07, 6.45) is -10.9. The van der Waals surface area contributed by atoms with Crippen LogP contribution in [0.1, 0.15) is 6.42 Å². The molecule has 0 unspecified atom stereocenters. The van der Waals surface area contributed by atoms with Crippen LogP contribution in [0, 0.1) is 0 Å². The van der Waals surface area contributed by atoms with E-state index in [-0.39, 0.29) is 6.08 Å². The first kappa shape index (κ1) is 13.9. The van der Waals surface area contributed by atoms with Gasteiger partial charge in [0.05, 0.1) is 11.8 Å². The highest BCUT2D eigenvalue weighted by Crippen LogP contribution is 2.32. The maximum atomic E-state index is 11.7.